The predicted molar refractivity (Wildman–Crippen MR) is 73.1 cm³/mol. The van der Waals surface area contributed by atoms with Crippen LogP contribution in [0.15, 0.2) is 16.9 Å². The lowest BCUT2D eigenvalue weighted by Gasteiger charge is -2.21. The zero-order valence-electron chi connectivity index (χ0n) is 11.5. The van der Waals surface area contributed by atoms with Gasteiger partial charge in [0.15, 0.2) is 0 Å². The lowest BCUT2D eigenvalue weighted by atomic mass is 10.3. The Labute approximate surface area is 106 Å². The number of nitrogens with zero attached hydrogens (tertiary/aromatic N) is 1. The van der Waals surface area contributed by atoms with Crippen LogP contribution in [-0.4, -0.2) is 26.4 Å². The molecule has 0 atom stereocenters. The fraction of sp³-hybridized carbons (Fsp3) is 0.833. The molecule has 17 heavy (non-hydrogen) atoms. The van der Waals surface area contributed by atoms with E-state index < -0.39 is 7.74 Å². The van der Waals surface area contributed by atoms with Crippen molar-refractivity contribution < 1.29 is 13.6 Å². The molecule has 0 aliphatic carbocycles. The van der Waals surface area contributed by atoms with Crippen LogP contribution < -0.4 is 0 Å². The average Bonchev–Trinajstić information content (AvgIpc) is 2.30. The Morgan fingerprint density at radius 3 is 1.82 bits per heavy atom. The van der Waals surface area contributed by atoms with E-state index in [4.69, 9.17) is 13.6 Å². The smallest absolute Gasteiger partial charge is 0.303 e. The molecular weight excluding hydrogens is 237 g/mol. The van der Waals surface area contributed by atoms with Gasteiger partial charge in [0.05, 0.1) is 26.4 Å². The molecule has 0 bridgehead atoms. The van der Waals surface area contributed by atoms with E-state index in [1.54, 1.807) is 0 Å². The second-order valence-corrected chi connectivity index (χ2v) is 5.30. The summed E-state index contributed by atoms with van der Waals surface area (Å²) in [6.45, 7) is 10.2. The third-order valence-corrected chi connectivity index (χ3v) is 4.12. The molecule has 0 saturated carbocycles. The lowest BCUT2D eigenvalue weighted by Crippen LogP contribution is -2.01. The fourth-order valence-electron chi connectivity index (χ4n) is 1.23. The van der Waals surface area contributed by atoms with Crippen molar-refractivity contribution in [2.75, 3.05) is 26.4 Å². The average molecular weight is 263 g/mol. The zero-order valence-corrected chi connectivity index (χ0v) is 12.4. The summed E-state index contributed by atoms with van der Waals surface area (Å²) < 4.78 is 21.2. The fourth-order valence-corrected chi connectivity index (χ4v) is 2.97. The Bertz CT molecular complexity index is 230. The standard InChI is InChI=1S/C12H26NO3P/c1-5-9-10-11-12-13-17(14-6-2,15-7-3)16-8-4/h10-11H,5-9,12H2,1-4H3/b11-10+. The topological polar surface area (TPSA) is 40.0 Å². The van der Waals surface area contributed by atoms with Gasteiger partial charge in [-0.25, -0.2) is 4.74 Å². The normalized spacial score (nSPS) is 12.2. The van der Waals surface area contributed by atoms with Crippen LogP contribution in [-0.2, 0) is 13.6 Å². The van der Waals surface area contributed by atoms with Crippen LogP contribution in [0.5, 0.6) is 0 Å². The maximum Gasteiger partial charge on any atom is 0.355 e. The van der Waals surface area contributed by atoms with Gasteiger partial charge in [-0.2, -0.15) is 0 Å². The summed E-state index contributed by atoms with van der Waals surface area (Å²) in [4.78, 5) is 0. The molecule has 0 radical (unpaired) electrons. The van der Waals surface area contributed by atoms with Gasteiger partial charge in [-0.05, 0) is 27.2 Å². The van der Waals surface area contributed by atoms with Crippen molar-refractivity contribution in [3.63, 3.8) is 0 Å². The highest BCUT2D eigenvalue weighted by molar-refractivity contribution is 7.51. The summed E-state index contributed by atoms with van der Waals surface area (Å²) in [7, 11) is -2.47. The molecule has 0 aliphatic rings. The Morgan fingerprint density at radius 1 is 0.882 bits per heavy atom. The molecule has 0 unspecified atom stereocenters. The van der Waals surface area contributed by atoms with Gasteiger partial charge in [-0.1, -0.05) is 25.5 Å². The largest absolute Gasteiger partial charge is 0.355 e. The molecule has 0 saturated heterocycles. The minimum Gasteiger partial charge on any atom is -0.303 e. The maximum absolute atomic E-state index is 5.58. The summed E-state index contributed by atoms with van der Waals surface area (Å²) in [6.07, 6.45) is 6.40. The van der Waals surface area contributed by atoms with E-state index >= 15 is 0 Å². The van der Waals surface area contributed by atoms with Crippen molar-refractivity contribution >= 4 is 7.74 Å². The third-order valence-electron chi connectivity index (χ3n) is 1.86. The Balaban J connectivity index is 4.55. The molecule has 5 heteroatoms. The van der Waals surface area contributed by atoms with Crippen molar-refractivity contribution in [3.8, 4) is 0 Å². The number of unbranched alkanes of at least 4 members (excludes halogenated alkanes) is 1. The van der Waals surface area contributed by atoms with Crippen LogP contribution in [0.25, 0.3) is 0 Å². The van der Waals surface area contributed by atoms with E-state index in [0.717, 1.165) is 12.8 Å². The number of hydrogen-bond acceptors (Lipinski definition) is 4. The Kier molecular flexibility index (Phi) is 10.9. The van der Waals surface area contributed by atoms with Gasteiger partial charge >= 0.3 is 7.74 Å². The monoisotopic (exact) mass is 263 g/mol. The second-order valence-electron chi connectivity index (χ2n) is 3.31. The molecule has 0 aromatic heterocycles. The summed E-state index contributed by atoms with van der Waals surface area (Å²) in [5.41, 5.74) is 0. The first-order valence-electron chi connectivity index (χ1n) is 6.41. The van der Waals surface area contributed by atoms with Gasteiger partial charge in [0, 0.05) is 0 Å². The van der Waals surface area contributed by atoms with Gasteiger partial charge in [0.2, 0.25) is 0 Å². The highest BCUT2D eigenvalue weighted by atomic mass is 31.2. The van der Waals surface area contributed by atoms with Crippen LogP contribution in [0.3, 0.4) is 0 Å². The molecule has 0 rings (SSSR count). The number of rotatable bonds is 10. The Morgan fingerprint density at radius 2 is 1.41 bits per heavy atom. The van der Waals surface area contributed by atoms with Crippen LogP contribution in [0, 0.1) is 0 Å². The summed E-state index contributed by atoms with van der Waals surface area (Å²) in [6, 6.07) is 0. The second kappa shape index (κ2) is 11.0. The summed E-state index contributed by atoms with van der Waals surface area (Å²) in [5.74, 6) is 0. The quantitative estimate of drug-likeness (QED) is 0.433. The minimum absolute atomic E-state index is 0.552. The molecule has 4 nitrogen and oxygen atoms in total. The predicted octanol–water partition coefficient (Wildman–Crippen LogP) is 4.40. The van der Waals surface area contributed by atoms with E-state index in [0.29, 0.717) is 26.4 Å². The van der Waals surface area contributed by atoms with Gasteiger partial charge < -0.3 is 13.6 Å². The van der Waals surface area contributed by atoms with Crippen LogP contribution >= 0.6 is 7.74 Å². The van der Waals surface area contributed by atoms with Crippen LogP contribution in [0.4, 0.5) is 0 Å². The zero-order chi connectivity index (χ0) is 13.0. The molecule has 0 fully saturated rings. The number of hydrogen-bond donors (Lipinski definition) is 0. The Hall–Kier alpha value is -0.150. The molecule has 0 heterocycles. The van der Waals surface area contributed by atoms with E-state index in [2.05, 4.69) is 17.7 Å². The van der Waals surface area contributed by atoms with Crippen LogP contribution in [0.1, 0.15) is 40.5 Å². The van der Waals surface area contributed by atoms with E-state index in [-0.39, 0.29) is 0 Å². The molecule has 102 valence electrons. The number of allylic oxidation sites excluding steroid dienone is 1. The highest BCUT2D eigenvalue weighted by Crippen LogP contribution is 2.52. The van der Waals surface area contributed by atoms with Gasteiger partial charge in [0.1, 0.15) is 0 Å². The van der Waals surface area contributed by atoms with Crippen molar-refractivity contribution in [2.24, 2.45) is 4.74 Å². The van der Waals surface area contributed by atoms with Gasteiger partial charge in [0.25, 0.3) is 0 Å². The highest BCUT2D eigenvalue weighted by Gasteiger charge is 2.21. The molecule has 0 amide bonds. The van der Waals surface area contributed by atoms with Crippen LogP contribution in [0.2, 0.25) is 0 Å². The molecular formula is C12H26NO3P. The van der Waals surface area contributed by atoms with Crippen molar-refractivity contribution in [1.29, 1.82) is 0 Å². The first-order valence-corrected chi connectivity index (χ1v) is 7.90. The van der Waals surface area contributed by atoms with Crippen molar-refractivity contribution in [3.05, 3.63) is 12.2 Å². The van der Waals surface area contributed by atoms with E-state index in [1.165, 1.54) is 0 Å². The SMILES string of the molecule is CCC/C=C/CN=P(OCC)(OCC)OCC. The summed E-state index contributed by atoms with van der Waals surface area (Å²) in [5, 5.41) is 0. The van der Waals surface area contributed by atoms with E-state index in [1.807, 2.05) is 26.8 Å². The maximum atomic E-state index is 5.58. The lowest BCUT2D eigenvalue weighted by molar-refractivity contribution is 0.162. The minimum atomic E-state index is -2.47. The van der Waals surface area contributed by atoms with E-state index in [9.17, 15) is 0 Å². The molecule has 0 aromatic rings. The van der Waals surface area contributed by atoms with Gasteiger partial charge in [-0.15, -0.1) is 0 Å². The molecule has 0 aromatic carbocycles. The first-order chi connectivity index (χ1) is 8.24. The molecule has 0 aliphatic heterocycles. The third kappa shape index (κ3) is 7.72. The van der Waals surface area contributed by atoms with Gasteiger partial charge in [-0.3, -0.25) is 0 Å². The molecule has 0 N–H and O–H groups in total. The van der Waals surface area contributed by atoms with Crippen molar-refractivity contribution in [2.45, 2.75) is 40.5 Å². The summed E-state index contributed by atoms with van der Waals surface area (Å²) >= 11 is 0. The molecule has 0 spiro atoms. The first kappa shape index (κ1) is 16.9. The van der Waals surface area contributed by atoms with Crippen molar-refractivity contribution in [1.82, 2.24) is 0 Å².